The van der Waals surface area contributed by atoms with Crippen LogP contribution in [0.5, 0.6) is 0 Å². The Labute approximate surface area is 81.2 Å². The molecule has 0 bridgehead atoms. The molecule has 2 heteroatoms. The average Bonchev–Trinajstić information content (AvgIpc) is 2.61. The van der Waals surface area contributed by atoms with Gasteiger partial charge in [-0.3, -0.25) is 4.90 Å². The Morgan fingerprint density at radius 3 is 3.08 bits per heavy atom. The lowest BCUT2D eigenvalue weighted by atomic mass is 10.1. The molecule has 13 heavy (non-hydrogen) atoms. The van der Waals surface area contributed by atoms with Gasteiger partial charge in [-0.2, -0.15) is 0 Å². The third kappa shape index (κ3) is 2.82. The lowest BCUT2D eigenvalue weighted by Gasteiger charge is -2.28. The summed E-state index contributed by atoms with van der Waals surface area (Å²) in [7, 11) is 0. The predicted molar refractivity (Wildman–Crippen MR) is 55.7 cm³/mol. The van der Waals surface area contributed by atoms with Gasteiger partial charge in [0.15, 0.2) is 0 Å². The molecule has 0 spiro atoms. The van der Waals surface area contributed by atoms with Crippen molar-refractivity contribution in [1.82, 2.24) is 4.90 Å². The molecule has 0 aromatic rings. The molecule has 0 amide bonds. The van der Waals surface area contributed by atoms with Crippen LogP contribution in [0.25, 0.3) is 0 Å². The first-order valence-electron chi connectivity index (χ1n) is 5.28. The minimum atomic E-state index is 0.326. The summed E-state index contributed by atoms with van der Waals surface area (Å²) in [5.41, 5.74) is 0. The fraction of sp³-hybridized carbons (Fsp3) is 0.818. The van der Waals surface area contributed by atoms with Crippen molar-refractivity contribution < 1.29 is 5.11 Å². The second-order valence-corrected chi connectivity index (χ2v) is 3.88. The lowest BCUT2D eigenvalue weighted by molar-refractivity contribution is 0.195. The Balaban J connectivity index is 2.38. The second-order valence-electron chi connectivity index (χ2n) is 3.88. The number of aliphatic hydroxyl groups is 1. The van der Waals surface area contributed by atoms with E-state index in [4.69, 9.17) is 5.11 Å². The van der Waals surface area contributed by atoms with E-state index in [1.807, 2.05) is 6.08 Å². The third-order valence-electron chi connectivity index (χ3n) is 2.98. The van der Waals surface area contributed by atoms with Gasteiger partial charge >= 0.3 is 0 Å². The number of likely N-dealkylation sites (tertiary alicyclic amines) is 1. The zero-order chi connectivity index (χ0) is 9.68. The summed E-state index contributed by atoms with van der Waals surface area (Å²) in [5.74, 6) is 0. The Bertz CT molecular complexity index is 158. The zero-order valence-electron chi connectivity index (χ0n) is 8.58. The zero-order valence-corrected chi connectivity index (χ0v) is 8.58. The van der Waals surface area contributed by atoms with Crippen LogP contribution in [0, 0.1) is 0 Å². The summed E-state index contributed by atoms with van der Waals surface area (Å²) in [6.45, 7) is 7.55. The van der Waals surface area contributed by atoms with E-state index in [1.165, 1.54) is 19.4 Å². The molecule has 1 rings (SSSR count). The summed E-state index contributed by atoms with van der Waals surface area (Å²) in [6.07, 6.45) is 6.67. The fourth-order valence-electron chi connectivity index (χ4n) is 2.17. The van der Waals surface area contributed by atoms with Crippen molar-refractivity contribution in [3.8, 4) is 0 Å². The smallest absolute Gasteiger partial charge is 0.0431 e. The quantitative estimate of drug-likeness (QED) is 0.657. The average molecular weight is 183 g/mol. The molecule has 1 saturated heterocycles. The maximum atomic E-state index is 8.77. The largest absolute Gasteiger partial charge is 0.396 e. The normalized spacial score (nSPS) is 26.2. The molecule has 2 nitrogen and oxygen atoms in total. The van der Waals surface area contributed by atoms with Crippen molar-refractivity contribution in [3.63, 3.8) is 0 Å². The van der Waals surface area contributed by atoms with E-state index < -0.39 is 0 Å². The van der Waals surface area contributed by atoms with Crippen molar-refractivity contribution in [2.24, 2.45) is 0 Å². The van der Waals surface area contributed by atoms with E-state index >= 15 is 0 Å². The summed E-state index contributed by atoms with van der Waals surface area (Å²) in [6, 6.07) is 1.17. The molecular formula is C11H21NO. The first-order chi connectivity index (χ1) is 6.29. The molecule has 1 N–H and O–H groups in total. The third-order valence-corrected chi connectivity index (χ3v) is 2.98. The van der Waals surface area contributed by atoms with Crippen molar-refractivity contribution in [2.75, 3.05) is 13.2 Å². The highest BCUT2D eigenvalue weighted by atomic mass is 16.2. The van der Waals surface area contributed by atoms with Gasteiger partial charge in [-0.05, 0) is 39.2 Å². The van der Waals surface area contributed by atoms with Crippen LogP contribution in [-0.2, 0) is 0 Å². The highest BCUT2D eigenvalue weighted by Crippen LogP contribution is 2.23. The van der Waals surface area contributed by atoms with Crippen molar-refractivity contribution in [2.45, 2.75) is 44.7 Å². The fourth-order valence-corrected chi connectivity index (χ4v) is 2.17. The van der Waals surface area contributed by atoms with E-state index in [0.29, 0.717) is 18.7 Å². The van der Waals surface area contributed by atoms with Gasteiger partial charge in [0.05, 0.1) is 0 Å². The molecule has 1 fully saturated rings. The Morgan fingerprint density at radius 2 is 2.46 bits per heavy atom. The van der Waals surface area contributed by atoms with Crippen LogP contribution < -0.4 is 0 Å². The molecule has 1 heterocycles. The first-order valence-corrected chi connectivity index (χ1v) is 5.28. The molecule has 0 aromatic carbocycles. The Hall–Kier alpha value is -0.340. The molecule has 0 aliphatic carbocycles. The van der Waals surface area contributed by atoms with Crippen LogP contribution in [0.1, 0.15) is 32.6 Å². The molecule has 0 aromatic heterocycles. The summed E-state index contributed by atoms with van der Waals surface area (Å²) in [4.78, 5) is 2.50. The maximum Gasteiger partial charge on any atom is 0.0431 e. The highest BCUT2D eigenvalue weighted by Gasteiger charge is 2.26. The molecule has 0 radical (unpaired) electrons. The van der Waals surface area contributed by atoms with Crippen molar-refractivity contribution in [1.29, 1.82) is 0 Å². The molecular weight excluding hydrogens is 162 g/mol. The van der Waals surface area contributed by atoms with Crippen LogP contribution in [0.4, 0.5) is 0 Å². The summed E-state index contributed by atoms with van der Waals surface area (Å²) < 4.78 is 0. The lowest BCUT2D eigenvalue weighted by Crippen LogP contribution is -2.36. The topological polar surface area (TPSA) is 23.5 Å². The molecule has 2 atom stereocenters. The first kappa shape index (κ1) is 10.7. The van der Waals surface area contributed by atoms with Gasteiger partial charge in [0.2, 0.25) is 0 Å². The predicted octanol–water partition coefficient (Wildman–Crippen LogP) is 1.80. The molecule has 0 saturated carbocycles. The molecule has 1 aliphatic rings. The van der Waals surface area contributed by atoms with Crippen LogP contribution in [0.15, 0.2) is 12.7 Å². The maximum absolute atomic E-state index is 8.77. The molecule has 76 valence electrons. The standard InChI is InChI=1S/C11H21NO/c1-3-10(2)12-8-4-6-11(12)7-5-9-13/h3,10-11,13H,1,4-9H2,2H3. The number of aliphatic hydroxyl groups excluding tert-OH is 1. The molecule has 2 unspecified atom stereocenters. The van der Waals surface area contributed by atoms with Gasteiger partial charge in [-0.15, -0.1) is 6.58 Å². The van der Waals surface area contributed by atoms with Crippen LogP contribution in [0.3, 0.4) is 0 Å². The summed E-state index contributed by atoms with van der Waals surface area (Å²) >= 11 is 0. The van der Waals surface area contributed by atoms with Gasteiger partial charge in [-0.1, -0.05) is 6.08 Å². The second kappa shape index (κ2) is 5.40. The monoisotopic (exact) mass is 183 g/mol. The van der Waals surface area contributed by atoms with Gasteiger partial charge in [0, 0.05) is 18.7 Å². The van der Waals surface area contributed by atoms with Crippen LogP contribution in [-0.4, -0.2) is 35.2 Å². The minimum absolute atomic E-state index is 0.326. The van der Waals surface area contributed by atoms with E-state index in [9.17, 15) is 0 Å². The van der Waals surface area contributed by atoms with Crippen LogP contribution in [0.2, 0.25) is 0 Å². The number of hydrogen-bond donors (Lipinski definition) is 1. The van der Waals surface area contributed by atoms with Gasteiger partial charge in [-0.25, -0.2) is 0 Å². The van der Waals surface area contributed by atoms with E-state index in [1.54, 1.807) is 0 Å². The van der Waals surface area contributed by atoms with E-state index in [2.05, 4.69) is 18.4 Å². The highest BCUT2D eigenvalue weighted by molar-refractivity contribution is 4.91. The van der Waals surface area contributed by atoms with Gasteiger partial charge in [0.1, 0.15) is 0 Å². The van der Waals surface area contributed by atoms with E-state index in [-0.39, 0.29) is 0 Å². The number of rotatable bonds is 5. The number of nitrogens with zero attached hydrogens (tertiary/aromatic N) is 1. The Kier molecular flexibility index (Phi) is 4.46. The van der Waals surface area contributed by atoms with E-state index in [0.717, 1.165) is 12.8 Å². The summed E-state index contributed by atoms with van der Waals surface area (Å²) in [5, 5.41) is 8.77. The Morgan fingerprint density at radius 1 is 1.69 bits per heavy atom. The number of hydrogen-bond acceptors (Lipinski definition) is 2. The van der Waals surface area contributed by atoms with Gasteiger partial charge < -0.3 is 5.11 Å². The SMILES string of the molecule is C=CC(C)N1CCCC1CCCO. The molecule has 1 aliphatic heterocycles. The van der Waals surface area contributed by atoms with Crippen molar-refractivity contribution >= 4 is 0 Å². The van der Waals surface area contributed by atoms with Crippen LogP contribution >= 0.6 is 0 Å². The van der Waals surface area contributed by atoms with Gasteiger partial charge in [0.25, 0.3) is 0 Å². The minimum Gasteiger partial charge on any atom is -0.396 e. The van der Waals surface area contributed by atoms with Crippen molar-refractivity contribution in [3.05, 3.63) is 12.7 Å².